The molecule has 0 bridgehead atoms. The number of hydrogen-bond acceptors (Lipinski definition) is 3. The van der Waals surface area contributed by atoms with Crippen molar-refractivity contribution < 1.29 is 4.79 Å². The molecule has 1 aromatic rings. The van der Waals surface area contributed by atoms with Crippen LogP contribution in [-0.2, 0) is 4.79 Å². The van der Waals surface area contributed by atoms with Crippen LogP contribution in [0.25, 0.3) is 0 Å². The van der Waals surface area contributed by atoms with Gasteiger partial charge in [0.2, 0.25) is 5.91 Å². The van der Waals surface area contributed by atoms with Gasteiger partial charge in [-0.25, -0.2) is 4.98 Å². The van der Waals surface area contributed by atoms with E-state index in [1.807, 2.05) is 19.9 Å². The van der Waals surface area contributed by atoms with Gasteiger partial charge in [-0.15, -0.1) is 11.3 Å². The Kier molecular flexibility index (Phi) is 4.07. The minimum Gasteiger partial charge on any atom is -0.298 e. The highest BCUT2D eigenvalue weighted by Gasteiger charge is 2.00. The lowest BCUT2D eigenvalue weighted by atomic mass is 10.4. The Morgan fingerprint density at radius 1 is 1.57 bits per heavy atom. The SMILES string of the molecule is CC=CC=CC(=O)Nc1ncc(C)s1. The molecule has 74 valence electrons. The Labute approximate surface area is 87.2 Å². The van der Waals surface area contributed by atoms with Gasteiger partial charge in [0.15, 0.2) is 5.13 Å². The lowest BCUT2D eigenvalue weighted by molar-refractivity contribution is -0.111. The third kappa shape index (κ3) is 3.53. The van der Waals surface area contributed by atoms with Crippen molar-refractivity contribution in [3.8, 4) is 0 Å². The first-order chi connectivity index (χ1) is 6.72. The predicted molar refractivity (Wildman–Crippen MR) is 59.4 cm³/mol. The zero-order valence-corrected chi connectivity index (χ0v) is 8.97. The normalized spacial score (nSPS) is 11.3. The maximum Gasteiger partial charge on any atom is 0.250 e. The summed E-state index contributed by atoms with van der Waals surface area (Å²) in [5.41, 5.74) is 0. The van der Waals surface area contributed by atoms with Crippen molar-refractivity contribution in [2.24, 2.45) is 0 Å². The molecule has 3 nitrogen and oxygen atoms in total. The molecule has 1 N–H and O–H groups in total. The molecule has 0 unspecified atom stereocenters. The van der Waals surface area contributed by atoms with Crippen LogP contribution in [-0.4, -0.2) is 10.9 Å². The van der Waals surface area contributed by atoms with Gasteiger partial charge >= 0.3 is 0 Å². The third-order valence-corrected chi connectivity index (χ3v) is 2.23. The monoisotopic (exact) mass is 208 g/mol. The van der Waals surface area contributed by atoms with Crippen LogP contribution >= 0.6 is 11.3 Å². The predicted octanol–water partition coefficient (Wildman–Crippen LogP) is 2.52. The van der Waals surface area contributed by atoms with Gasteiger partial charge in [-0.1, -0.05) is 18.2 Å². The number of nitrogens with one attached hydrogen (secondary N) is 1. The number of thiazole rings is 1. The number of nitrogens with zero attached hydrogens (tertiary/aromatic N) is 1. The highest BCUT2D eigenvalue weighted by Crippen LogP contribution is 2.16. The number of aromatic nitrogens is 1. The highest BCUT2D eigenvalue weighted by atomic mass is 32.1. The van der Waals surface area contributed by atoms with E-state index in [1.165, 1.54) is 17.4 Å². The van der Waals surface area contributed by atoms with Gasteiger partial charge in [0, 0.05) is 17.2 Å². The summed E-state index contributed by atoms with van der Waals surface area (Å²) in [6, 6.07) is 0. The number of aryl methyl sites for hydroxylation is 1. The molecule has 4 heteroatoms. The van der Waals surface area contributed by atoms with Crippen molar-refractivity contribution >= 4 is 22.4 Å². The fourth-order valence-electron chi connectivity index (χ4n) is 0.814. The molecule has 1 amide bonds. The van der Waals surface area contributed by atoms with E-state index in [2.05, 4.69) is 10.3 Å². The number of hydrogen-bond donors (Lipinski definition) is 1. The second-order valence-electron chi connectivity index (χ2n) is 2.65. The van der Waals surface area contributed by atoms with Crippen molar-refractivity contribution in [3.63, 3.8) is 0 Å². The molecule has 0 saturated heterocycles. The molecule has 0 radical (unpaired) electrons. The largest absolute Gasteiger partial charge is 0.298 e. The van der Waals surface area contributed by atoms with Gasteiger partial charge < -0.3 is 0 Å². The van der Waals surface area contributed by atoms with Gasteiger partial charge in [-0.05, 0) is 13.8 Å². The first-order valence-corrected chi connectivity index (χ1v) is 5.07. The Morgan fingerprint density at radius 3 is 2.93 bits per heavy atom. The summed E-state index contributed by atoms with van der Waals surface area (Å²) < 4.78 is 0. The summed E-state index contributed by atoms with van der Waals surface area (Å²) in [6.45, 7) is 3.84. The van der Waals surface area contributed by atoms with Crippen molar-refractivity contribution in [2.45, 2.75) is 13.8 Å². The number of carbonyl (C=O) groups excluding carboxylic acids is 1. The van der Waals surface area contributed by atoms with Crippen LogP contribution in [0.15, 0.2) is 30.5 Å². The maximum atomic E-state index is 11.2. The highest BCUT2D eigenvalue weighted by molar-refractivity contribution is 7.15. The van der Waals surface area contributed by atoms with Crippen molar-refractivity contribution in [3.05, 3.63) is 35.4 Å². The smallest absolute Gasteiger partial charge is 0.250 e. The summed E-state index contributed by atoms with van der Waals surface area (Å²) in [7, 11) is 0. The van der Waals surface area contributed by atoms with E-state index < -0.39 is 0 Å². The van der Waals surface area contributed by atoms with Crippen LogP contribution < -0.4 is 5.32 Å². The van der Waals surface area contributed by atoms with Crippen LogP contribution in [0.1, 0.15) is 11.8 Å². The fourth-order valence-corrected chi connectivity index (χ4v) is 1.48. The third-order valence-electron chi connectivity index (χ3n) is 1.40. The summed E-state index contributed by atoms with van der Waals surface area (Å²) in [4.78, 5) is 16.3. The molecule has 1 heterocycles. The topological polar surface area (TPSA) is 42.0 Å². The molecule has 0 aliphatic rings. The molecule has 0 aliphatic heterocycles. The Balaban J connectivity index is 2.49. The standard InChI is InChI=1S/C10H12N2OS/c1-3-4-5-6-9(13)12-10-11-7-8(2)14-10/h3-7H,1-2H3,(H,11,12,13). The summed E-state index contributed by atoms with van der Waals surface area (Å²) in [5, 5.41) is 3.31. The van der Waals surface area contributed by atoms with Gasteiger partial charge in [0.05, 0.1) is 0 Å². The van der Waals surface area contributed by atoms with Crippen molar-refractivity contribution in [1.82, 2.24) is 4.98 Å². The van der Waals surface area contributed by atoms with Crippen molar-refractivity contribution in [1.29, 1.82) is 0 Å². The molecule has 14 heavy (non-hydrogen) atoms. The maximum absolute atomic E-state index is 11.2. The second kappa shape index (κ2) is 5.34. The first-order valence-electron chi connectivity index (χ1n) is 4.25. The Morgan fingerprint density at radius 2 is 2.36 bits per heavy atom. The quantitative estimate of drug-likeness (QED) is 0.612. The molecule has 0 aliphatic carbocycles. The zero-order valence-electron chi connectivity index (χ0n) is 8.15. The Hall–Kier alpha value is -1.42. The van der Waals surface area contributed by atoms with Gasteiger partial charge in [-0.3, -0.25) is 10.1 Å². The van der Waals surface area contributed by atoms with Crippen LogP contribution in [0, 0.1) is 6.92 Å². The Bertz CT molecular complexity index is 366. The molecule has 1 aromatic heterocycles. The summed E-state index contributed by atoms with van der Waals surface area (Å²) in [6.07, 6.45) is 8.55. The molecule has 0 atom stereocenters. The molecule has 1 rings (SSSR count). The second-order valence-corrected chi connectivity index (χ2v) is 3.88. The molecule has 0 aromatic carbocycles. The zero-order chi connectivity index (χ0) is 10.4. The van der Waals surface area contributed by atoms with E-state index >= 15 is 0 Å². The van der Waals surface area contributed by atoms with E-state index in [0.29, 0.717) is 5.13 Å². The average Bonchev–Trinajstić information content (AvgIpc) is 2.52. The molecule has 0 saturated carbocycles. The van der Waals surface area contributed by atoms with Crippen LogP contribution in [0.4, 0.5) is 5.13 Å². The summed E-state index contributed by atoms with van der Waals surface area (Å²) in [5.74, 6) is -0.155. The number of amides is 1. The lowest BCUT2D eigenvalue weighted by Gasteiger charge is -1.93. The molecule has 0 fully saturated rings. The number of rotatable bonds is 3. The van der Waals surface area contributed by atoms with Gasteiger partial charge in [-0.2, -0.15) is 0 Å². The lowest BCUT2D eigenvalue weighted by Crippen LogP contribution is -2.06. The number of carbonyl (C=O) groups is 1. The molecular weight excluding hydrogens is 196 g/mol. The van der Waals surface area contributed by atoms with E-state index in [0.717, 1.165) is 4.88 Å². The van der Waals surface area contributed by atoms with E-state index in [4.69, 9.17) is 0 Å². The van der Waals surface area contributed by atoms with Crippen LogP contribution in [0.3, 0.4) is 0 Å². The van der Waals surface area contributed by atoms with Gasteiger partial charge in [0.1, 0.15) is 0 Å². The fraction of sp³-hybridized carbons (Fsp3) is 0.200. The molecular formula is C10H12N2OS. The summed E-state index contributed by atoms with van der Waals surface area (Å²) >= 11 is 1.46. The van der Waals surface area contributed by atoms with E-state index in [1.54, 1.807) is 18.3 Å². The van der Waals surface area contributed by atoms with E-state index in [-0.39, 0.29) is 5.91 Å². The van der Waals surface area contributed by atoms with Crippen LogP contribution in [0.5, 0.6) is 0 Å². The number of anilines is 1. The van der Waals surface area contributed by atoms with Crippen LogP contribution in [0.2, 0.25) is 0 Å². The number of allylic oxidation sites excluding steroid dienone is 3. The molecule has 0 spiro atoms. The minimum absolute atomic E-state index is 0.155. The average molecular weight is 208 g/mol. The first kappa shape index (κ1) is 10.7. The van der Waals surface area contributed by atoms with Crippen molar-refractivity contribution in [2.75, 3.05) is 5.32 Å². The minimum atomic E-state index is -0.155. The van der Waals surface area contributed by atoms with E-state index in [9.17, 15) is 4.79 Å². The van der Waals surface area contributed by atoms with Gasteiger partial charge in [0.25, 0.3) is 0 Å².